The maximum atomic E-state index is 5.65. The van der Waals surface area contributed by atoms with E-state index in [1.165, 1.54) is 25.9 Å². The van der Waals surface area contributed by atoms with E-state index in [4.69, 9.17) is 21.4 Å². The topological polar surface area (TPSA) is 50.9 Å². The summed E-state index contributed by atoms with van der Waals surface area (Å²) in [4.78, 5) is 1.56. The van der Waals surface area contributed by atoms with Crippen LogP contribution in [0.15, 0.2) is 47.1 Å². The molecule has 1 aromatic carbocycles. The molecule has 1 aliphatic heterocycles. The third kappa shape index (κ3) is 4.27. The monoisotopic (exact) mass is 346 g/mol. The van der Waals surface area contributed by atoms with E-state index < -0.39 is 0 Å². The lowest BCUT2D eigenvalue weighted by Crippen LogP contribution is -3.11. The Hall–Kier alpha value is -2.05. The molecular weight excluding hydrogens is 322 g/mol. The first-order valence-electron chi connectivity index (χ1n) is 8.33. The van der Waals surface area contributed by atoms with Crippen molar-refractivity contribution in [2.45, 2.75) is 18.9 Å². The van der Waals surface area contributed by atoms with Gasteiger partial charge < -0.3 is 24.7 Å². The molecule has 2 heterocycles. The molecule has 3 rings (SSSR count). The highest BCUT2D eigenvalue weighted by atomic mass is 32.1. The molecule has 2 aromatic rings. The van der Waals surface area contributed by atoms with E-state index in [2.05, 4.69) is 16.7 Å². The van der Waals surface area contributed by atoms with Gasteiger partial charge in [-0.25, -0.2) is 0 Å². The molecule has 0 saturated carbocycles. The van der Waals surface area contributed by atoms with Gasteiger partial charge in [0.15, 0.2) is 16.9 Å². The van der Waals surface area contributed by atoms with Crippen LogP contribution >= 0.6 is 12.2 Å². The van der Waals surface area contributed by atoms with Gasteiger partial charge in [0.25, 0.3) is 0 Å². The van der Waals surface area contributed by atoms with Crippen LogP contribution in [0.2, 0.25) is 0 Å². The molecule has 5 nitrogen and oxygen atoms in total. The average molecular weight is 346 g/mol. The van der Waals surface area contributed by atoms with Crippen LogP contribution in [0, 0.1) is 0 Å². The zero-order valence-electron chi connectivity index (χ0n) is 13.9. The first-order chi connectivity index (χ1) is 11.8. The highest BCUT2D eigenvalue weighted by molar-refractivity contribution is 7.80. The zero-order valence-corrected chi connectivity index (χ0v) is 14.7. The summed E-state index contributed by atoms with van der Waals surface area (Å²) in [6, 6.07) is 12.0. The molecule has 1 atom stereocenters. The van der Waals surface area contributed by atoms with Crippen molar-refractivity contribution in [1.29, 1.82) is 0 Å². The Bertz CT molecular complexity index is 637. The molecule has 6 heteroatoms. The Labute approximate surface area is 148 Å². The second-order valence-corrected chi connectivity index (χ2v) is 6.41. The third-order valence-electron chi connectivity index (χ3n) is 4.44. The number of benzene rings is 1. The van der Waals surface area contributed by atoms with Crippen LogP contribution in [0.4, 0.5) is 5.69 Å². The van der Waals surface area contributed by atoms with E-state index in [-0.39, 0.29) is 6.04 Å². The summed E-state index contributed by atoms with van der Waals surface area (Å²) in [5, 5.41) is 7.16. The number of hydrogen-bond donors (Lipinski definition) is 3. The number of nitrogens with one attached hydrogen (secondary N) is 3. The summed E-state index contributed by atoms with van der Waals surface area (Å²) < 4.78 is 10.8. The molecule has 24 heavy (non-hydrogen) atoms. The van der Waals surface area contributed by atoms with Crippen molar-refractivity contribution in [2.24, 2.45) is 0 Å². The van der Waals surface area contributed by atoms with Gasteiger partial charge in [0, 0.05) is 18.5 Å². The van der Waals surface area contributed by atoms with Crippen molar-refractivity contribution in [1.82, 2.24) is 5.32 Å². The summed E-state index contributed by atoms with van der Waals surface area (Å²) in [6.07, 6.45) is 4.30. The van der Waals surface area contributed by atoms with E-state index in [0.29, 0.717) is 5.11 Å². The van der Waals surface area contributed by atoms with Crippen LogP contribution in [0.3, 0.4) is 0 Å². The molecule has 128 valence electrons. The quantitative estimate of drug-likeness (QED) is 0.699. The fourth-order valence-corrected chi connectivity index (χ4v) is 3.36. The molecule has 1 aliphatic rings. The lowest BCUT2D eigenvalue weighted by atomic mass is 10.2. The van der Waals surface area contributed by atoms with Crippen LogP contribution in [-0.2, 0) is 0 Å². The van der Waals surface area contributed by atoms with E-state index in [1.54, 1.807) is 18.3 Å². The number of methoxy groups -OCH3 is 1. The van der Waals surface area contributed by atoms with Crippen molar-refractivity contribution in [3.63, 3.8) is 0 Å². The van der Waals surface area contributed by atoms with Crippen LogP contribution in [0.5, 0.6) is 5.75 Å². The molecular formula is C18H24N3O2S+. The van der Waals surface area contributed by atoms with Crippen LogP contribution < -0.4 is 20.3 Å². The van der Waals surface area contributed by atoms with E-state index in [9.17, 15) is 0 Å². The second-order valence-electron chi connectivity index (χ2n) is 6.00. The number of ether oxygens (including phenoxy) is 1. The summed E-state index contributed by atoms with van der Waals surface area (Å²) in [5.41, 5.74) is 0.941. The SMILES string of the molecule is COc1ccc(NC(=S)NC[C@@H](c2ccco2)[NH+]2CCCC2)cc1. The van der Waals surface area contributed by atoms with Crippen LogP contribution in [-0.4, -0.2) is 31.9 Å². The number of likely N-dealkylation sites (tertiary alicyclic amines) is 1. The molecule has 0 radical (unpaired) electrons. The van der Waals surface area contributed by atoms with Gasteiger partial charge in [0.05, 0.1) is 33.0 Å². The highest BCUT2D eigenvalue weighted by Crippen LogP contribution is 2.15. The van der Waals surface area contributed by atoms with Gasteiger partial charge in [0.1, 0.15) is 5.75 Å². The lowest BCUT2D eigenvalue weighted by Gasteiger charge is -2.23. The first-order valence-corrected chi connectivity index (χ1v) is 8.74. The zero-order chi connectivity index (χ0) is 16.8. The largest absolute Gasteiger partial charge is 0.497 e. The minimum absolute atomic E-state index is 0.290. The summed E-state index contributed by atoms with van der Waals surface area (Å²) in [7, 11) is 1.66. The van der Waals surface area contributed by atoms with Gasteiger partial charge in [-0.15, -0.1) is 0 Å². The Balaban J connectivity index is 1.56. The molecule has 1 aromatic heterocycles. The minimum atomic E-state index is 0.290. The number of anilines is 1. The van der Waals surface area contributed by atoms with Crippen LogP contribution in [0.1, 0.15) is 24.6 Å². The summed E-state index contributed by atoms with van der Waals surface area (Å²) in [5.74, 6) is 1.85. The van der Waals surface area contributed by atoms with Crippen molar-refractivity contribution in [3.05, 3.63) is 48.4 Å². The Morgan fingerprint density at radius 1 is 1.25 bits per heavy atom. The van der Waals surface area contributed by atoms with Crippen molar-refractivity contribution in [3.8, 4) is 5.75 Å². The van der Waals surface area contributed by atoms with Crippen molar-refractivity contribution < 1.29 is 14.1 Å². The smallest absolute Gasteiger partial charge is 0.171 e. The van der Waals surface area contributed by atoms with Gasteiger partial charge in [-0.1, -0.05) is 0 Å². The van der Waals surface area contributed by atoms with E-state index in [1.807, 2.05) is 30.3 Å². The predicted octanol–water partition coefficient (Wildman–Crippen LogP) is 1.99. The summed E-state index contributed by atoms with van der Waals surface area (Å²) >= 11 is 5.43. The number of thiocarbonyl (C=S) groups is 1. The number of furan rings is 1. The molecule has 0 aliphatic carbocycles. The maximum absolute atomic E-state index is 5.65. The maximum Gasteiger partial charge on any atom is 0.171 e. The highest BCUT2D eigenvalue weighted by Gasteiger charge is 2.29. The number of hydrogen-bond acceptors (Lipinski definition) is 3. The molecule has 0 unspecified atom stereocenters. The van der Waals surface area contributed by atoms with Crippen LogP contribution in [0.25, 0.3) is 0 Å². The molecule has 3 N–H and O–H groups in total. The molecule has 1 saturated heterocycles. The standard InChI is InChI=1S/C18H23N3O2S/c1-22-15-8-6-14(7-9-15)20-18(24)19-13-16(17-5-4-12-23-17)21-10-2-3-11-21/h4-9,12,16H,2-3,10-11,13H2,1H3,(H2,19,20,24)/p+1/t16-/m0/s1. The molecule has 0 spiro atoms. The van der Waals surface area contributed by atoms with Gasteiger partial charge in [-0.05, 0) is 48.6 Å². The Morgan fingerprint density at radius 2 is 2.00 bits per heavy atom. The summed E-state index contributed by atoms with van der Waals surface area (Å²) in [6.45, 7) is 3.13. The van der Waals surface area contributed by atoms with Gasteiger partial charge >= 0.3 is 0 Å². The molecule has 1 fully saturated rings. The first kappa shape index (κ1) is 16.8. The second kappa shape index (κ2) is 8.17. The predicted molar refractivity (Wildman–Crippen MR) is 98.6 cm³/mol. The average Bonchev–Trinajstić information content (AvgIpc) is 3.30. The fourth-order valence-electron chi connectivity index (χ4n) is 3.16. The van der Waals surface area contributed by atoms with Gasteiger partial charge in [0.2, 0.25) is 0 Å². The van der Waals surface area contributed by atoms with Gasteiger partial charge in [-0.2, -0.15) is 0 Å². The third-order valence-corrected chi connectivity index (χ3v) is 4.69. The normalized spacial score (nSPS) is 15.9. The number of quaternary nitrogens is 1. The molecule has 0 bridgehead atoms. The molecule has 0 amide bonds. The lowest BCUT2D eigenvalue weighted by molar-refractivity contribution is -0.919. The van der Waals surface area contributed by atoms with Gasteiger partial charge in [-0.3, -0.25) is 0 Å². The Kier molecular flexibility index (Phi) is 5.72. The Morgan fingerprint density at radius 3 is 2.62 bits per heavy atom. The van der Waals surface area contributed by atoms with E-state index in [0.717, 1.165) is 23.7 Å². The van der Waals surface area contributed by atoms with Crippen molar-refractivity contribution >= 4 is 23.0 Å². The minimum Gasteiger partial charge on any atom is -0.497 e. The number of rotatable bonds is 6. The van der Waals surface area contributed by atoms with Crippen molar-refractivity contribution in [2.75, 3.05) is 32.1 Å². The van der Waals surface area contributed by atoms with E-state index >= 15 is 0 Å². The fraction of sp³-hybridized carbons (Fsp3) is 0.389.